The SMILES string of the molecule is COc1ccc(-c2nc3cc(-c4ccccc4SCc4ccccc4)ccc3o2)cc1N. The topological polar surface area (TPSA) is 61.3 Å². The number of methoxy groups -OCH3 is 1. The highest BCUT2D eigenvalue weighted by atomic mass is 32.2. The lowest BCUT2D eigenvalue weighted by atomic mass is 10.1. The summed E-state index contributed by atoms with van der Waals surface area (Å²) >= 11 is 1.84. The highest BCUT2D eigenvalue weighted by Crippen LogP contribution is 2.36. The summed E-state index contributed by atoms with van der Waals surface area (Å²) in [6, 6.07) is 30.7. The van der Waals surface area contributed by atoms with E-state index in [1.54, 1.807) is 7.11 Å². The average Bonchev–Trinajstić information content (AvgIpc) is 3.27. The van der Waals surface area contributed by atoms with Gasteiger partial charge in [-0.3, -0.25) is 0 Å². The number of oxazole rings is 1. The summed E-state index contributed by atoms with van der Waals surface area (Å²) in [7, 11) is 1.60. The number of aromatic nitrogens is 1. The van der Waals surface area contributed by atoms with E-state index in [2.05, 4.69) is 60.7 Å². The largest absolute Gasteiger partial charge is 0.495 e. The maximum atomic E-state index is 6.05. The van der Waals surface area contributed by atoms with Crippen LogP contribution >= 0.6 is 11.8 Å². The zero-order valence-corrected chi connectivity index (χ0v) is 18.4. The van der Waals surface area contributed by atoms with Gasteiger partial charge in [-0.15, -0.1) is 11.8 Å². The van der Waals surface area contributed by atoms with Crippen molar-refractivity contribution in [1.82, 2.24) is 4.98 Å². The first kappa shape index (κ1) is 20.2. The van der Waals surface area contributed by atoms with Crippen molar-refractivity contribution in [2.24, 2.45) is 0 Å². The van der Waals surface area contributed by atoms with Gasteiger partial charge in [0.05, 0.1) is 12.8 Å². The van der Waals surface area contributed by atoms with Crippen molar-refractivity contribution < 1.29 is 9.15 Å². The Morgan fingerprint density at radius 3 is 2.47 bits per heavy atom. The van der Waals surface area contributed by atoms with Gasteiger partial charge >= 0.3 is 0 Å². The molecule has 2 N–H and O–H groups in total. The van der Waals surface area contributed by atoms with Crippen molar-refractivity contribution in [3.8, 4) is 28.3 Å². The number of nitrogens with zero attached hydrogens (tertiary/aromatic N) is 1. The van der Waals surface area contributed by atoms with E-state index in [1.807, 2.05) is 42.1 Å². The summed E-state index contributed by atoms with van der Waals surface area (Å²) in [6.45, 7) is 0. The molecule has 0 radical (unpaired) electrons. The van der Waals surface area contributed by atoms with Gasteiger partial charge in [-0.05, 0) is 53.1 Å². The molecule has 5 rings (SSSR count). The Kier molecular flexibility index (Phi) is 5.57. The number of fused-ring (bicyclic) bond motifs is 1. The van der Waals surface area contributed by atoms with E-state index >= 15 is 0 Å². The predicted octanol–water partition coefficient (Wildman–Crippen LogP) is 7.04. The predicted molar refractivity (Wildman–Crippen MR) is 132 cm³/mol. The van der Waals surface area contributed by atoms with E-state index in [0.29, 0.717) is 17.3 Å². The molecule has 0 saturated carbocycles. The van der Waals surface area contributed by atoms with Crippen LogP contribution in [-0.4, -0.2) is 12.1 Å². The first-order chi connectivity index (χ1) is 15.7. The Morgan fingerprint density at radius 1 is 0.875 bits per heavy atom. The number of nitrogen functional groups attached to an aromatic ring is 1. The number of thioether (sulfide) groups is 1. The van der Waals surface area contributed by atoms with Crippen molar-refractivity contribution in [1.29, 1.82) is 0 Å². The fourth-order valence-electron chi connectivity index (χ4n) is 3.65. The standard InChI is InChI=1S/C27H22N2O2S/c1-30-24-13-12-20(15-22(24)28)27-29-23-16-19(11-14-25(23)31-27)21-9-5-6-10-26(21)32-17-18-7-3-2-4-8-18/h2-16H,17,28H2,1H3. The van der Waals surface area contributed by atoms with Gasteiger partial charge < -0.3 is 14.9 Å². The van der Waals surface area contributed by atoms with Gasteiger partial charge in [-0.1, -0.05) is 54.6 Å². The summed E-state index contributed by atoms with van der Waals surface area (Å²) in [5, 5.41) is 0. The Morgan fingerprint density at radius 2 is 1.66 bits per heavy atom. The average molecular weight is 439 g/mol. The summed E-state index contributed by atoms with van der Waals surface area (Å²) < 4.78 is 11.2. The minimum atomic E-state index is 0.540. The quantitative estimate of drug-likeness (QED) is 0.227. The van der Waals surface area contributed by atoms with E-state index in [1.165, 1.54) is 16.0 Å². The van der Waals surface area contributed by atoms with Crippen LogP contribution in [0.25, 0.3) is 33.7 Å². The van der Waals surface area contributed by atoms with Crippen LogP contribution in [0.1, 0.15) is 5.56 Å². The molecular formula is C27H22N2O2S. The maximum absolute atomic E-state index is 6.05. The molecule has 4 aromatic carbocycles. The fraction of sp³-hybridized carbons (Fsp3) is 0.0741. The molecule has 0 bridgehead atoms. The van der Waals surface area contributed by atoms with Crippen LogP contribution in [0.2, 0.25) is 0 Å². The Balaban J connectivity index is 1.46. The summed E-state index contributed by atoms with van der Waals surface area (Å²) in [5.74, 6) is 2.10. The minimum Gasteiger partial charge on any atom is -0.495 e. The molecule has 0 unspecified atom stereocenters. The molecule has 0 aliphatic heterocycles. The molecular weight excluding hydrogens is 416 g/mol. The van der Waals surface area contributed by atoms with Gasteiger partial charge in [-0.2, -0.15) is 0 Å². The molecule has 158 valence electrons. The molecule has 0 aliphatic rings. The third-order valence-electron chi connectivity index (χ3n) is 5.30. The van der Waals surface area contributed by atoms with E-state index in [-0.39, 0.29) is 0 Å². The van der Waals surface area contributed by atoms with Gasteiger partial charge in [-0.25, -0.2) is 4.98 Å². The van der Waals surface area contributed by atoms with Gasteiger partial charge in [0, 0.05) is 16.2 Å². The molecule has 1 aromatic heterocycles. The lowest BCUT2D eigenvalue weighted by molar-refractivity contribution is 0.417. The van der Waals surface area contributed by atoms with Crippen LogP contribution in [0.15, 0.2) is 100 Å². The van der Waals surface area contributed by atoms with Gasteiger partial charge in [0.25, 0.3) is 0 Å². The Hall–Kier alpha value is -3.70. The molecule has 0 fully saturated rings. The van der Waals surface area contributed by atoms with Crippen LogP contribution in [0.4, 0.5) is 5.69 Å². The smallest absolute Gasteiger partial charge is 0.227 e. The summed E-state index contributed by atoms with van der Waals surface area (Å²) in [4.78, 5) is 5.96. The molecule has 5 aromatic rings. The number of anilines is 1. The van der Waals surface area contributed by atoms with E-state index in [9.17, 15) is 0 Å². The molecule has 0 amide bonds. The second-order valence-corrected chi connectivity index (χ2v) is 8.45. The molecule has 5 heteroatoms. The fourth-order valence-corrected chi connectivity index (χ4v) is 4.68. The van der Waals surface area contributed by atoms with Gasteiger partial charge in [0.2, 0.25) is 5.89 Å². The lowest BCUT2D eigenvalue weighted by Gasteiger charge is -2.09. The van der Waals surface area contributed by atoms with Crippen LogP contribution in [0, 0.1) is 0 Å². The van der Waals surface area contributed by atoms with Crippen molar-refractivity contribution in [3.05, 3.63) is 96.6 Å². The second kappa shape index (κ2) is 8.81. The van der Waals surface area contributed by atoms with E-state index in [0.717, 1.165) is 28.0 Å². The van der Waals surface area contributed by atoms with E-state index in [4.69, 9.17) is 19.9 Å². The molecule has 32 heavy (non-hydrogen) atoms. The molecule has 0 saturated heterocycles. The molecule has 0 spiro atoms. The first-order valence-corrected chi connectivity index (χ1v) is 11.3. The third-order valence-corrected chi connectivity index (χ3v) is 6.44. The van der Waals surface area contributed by atoms with E-state index < -0.39 is 0 Å². The number of rotatable bonds is 6. The molecule has 1 heterocycles. The van der Waals surface area contributed by atoms with Crippen LogP contribution in [0.3, 0.4) is 0 Å². The number of hydrogen-bond acceptors (Lipinski definition) is 5. The van der Waals surface area contributed by atoms with Crippen LogP contribution in [0.5, 0.6) is 5.75 Å². The Bertz CT molecular complexity index is 1380. The van der Waals surface area contributed by atoms with Crippen LogP contribution in [-0.2, 0) is 5.75 Å². The molecule has 4 nitrogen and oxygen atoms in total. The zero-order valence-electron chi connectivity index (χ0n) is 17.6. The number of benzene rings is 4. The highest BCUT2D eigenvalue weighted by Gasteiger charge is 2.13. The number of hydrogen-bond donors (Lipinski definition) is 1. The van der Waals surface area contributed by atoms with Gasteiger partial charge in [0.15, 0.2) is 5.58 Å². The lowest BCUT2D eigenvalue weighted by Crippen LogP contribution is -1.92. The third kappa shape index (κ3) is 4.07. The number of nitrogens with two attached hydrogens (primary N) is 1. The molecule has 0 aliphatic carbocycles. The number of ether oxygens (including phenoxy) is 1. The zero-order chi connectivity index (χ0) is 21.9. The van der Waals surface area contributed by atoms with Crippen molar-refractivity contribution in [3.63, 3.8) is 0 Å². The Labute approximate surface area is 191 Å². The maximum Gasteiger partial charge on any atom is 0.227 e. The second-order valence-electron chi connectivity index (χ2n) is 7.43. The van der Waals surface area contributed by atoms with Crippen molar-refractivity contribution in [2.45, 2.75) is 10.6 Å². The summed E-state index contributed by atoms with van der Waals surface area (Å²) in [5.41, 5.74) is 12.6. The summed E-state index contributed by atoms with van der Waals surface area (Å²) in [6.07, 6.45) is 0. The normalized spacial score (nSPS) is 11.0. The van der Waals surface area contributed by atoms with Crippen molar-refractivity contribution >= 4 is 28.5 Å². The van der Waals surface area contributed by atoms with Crippen LogP contribution < -0.4 is 10.5 Å². The van der Waals surface area contributed by atoms with Crippen molar-refractivity contribution in [2.75, 3.05) is 12.8 Å². The van der Waals surface area contributed by atoms with Gasteiger partial charge in [0.1, 0.15) is 11.3 Å². The first-order valence-electron chi connectivity index (χ1n) is 10.3. The monoisotopic (exact) mass is 438 g/mol. The highest BCUT2D eigenvalue weighted by molar-refractivity contribution is 7.98. The minimum absolute atomic E-state index is 0.540. The molecule has 0 atom stereocenters.